The lowest BCUT2D eigenvalue weighted by Gasteiger charge is -2.24. The Labute approximate surface area is 202 Å². The van der Waals surface area contributed by atoms with E-state index >= 15 is 0 Å². The summed E-state index contributed by atoms with van der Waals surface area (Å²) in [6.07, 6.45) is 1.02. The largest absolute Gasteiger partial charge is 0.487 e. The van der Waals surface area contributed by atoms with Crippen LogP contribution in [0.25, 0.3) is 0 Å². The molecule has 1 aliphatic heterocycles. The molecule has 7 heteroatoms. The third-order valence-electron chi connectivity index (χ3n) is 5.90. The molecule has 176 valence electrons. The van der Waals surface area contributed by atoms with Crippen LogP contribution in [0.1, 0.15) is 40.4 Å². The number of amides is 1. The number of hydrogen-bond donors (Lipinski definition) is 1. The Morgan fingerprint density at radius 2 is 1.91 bits per heavy atom. The van der Waals surface area contributed by atoms with Crippen molar-refractivity contribution >= 4 is 23.5 Å². The monoisotopic (exact) mass is 481 g/mol. The van der Waals surface area contributed by atoms with Gasteiger partial charge in [-0.1, -0.05) is 41.9 Å². The molecule has 3 aromatic rings. The third kappa shape index (κ3) is 5.57. The SMILES string of the molecule is C[C@]1(Cc2ccccc2Cl)Cc2cc(C(=O)N(CCC(=O)O)Cc3cccc(F)c3)ccc2O1. The maximum absolute atomic E-state index is 13.6. The molecule has 5 nitrogen and oxygen atoms in total. The molecule has 0 aliphatic carbocycles. The van der Waals surface area contributed by atoms with Crippen LogP contribution in [-0.4, -0.2) is 34.0 Å². The van der Waals surface area contributed by atoms with Gasteiger partial charge >= 0.3 is 5.97 Å². The molecule has 1 heterocycles. The van der Waals surface area contributed by atoms with Crippen LogP contribution in [0, 0.1) is 5.82 Å². The molecule has 1 N–H and O–H groups in total. The summed E-state index contributed by atoms with van der Waals surface area (Å²) in [7, 11) is 0. The molecular formula is C27H25ClFNO4. The number of halogens is 2. The lowest BCUT2D eigenvalue weighted by atomic mass is 9.91. The molecule has 0 saturated carbocycles. The highest BCUT2D eigenvalue weighted by molar-refractivity contribution is 6.31. The Hall–Kier alpha value is -3.38. The summed E-state index contributed by atoms with van der Waals surface area (Å²) in [6, 6.07) is 18.9. The number of aliphatic carboxylic acids is 1. The minimum atomic E-state index is -1.00. The molecule has 0 fully saturated rings. The van der Waals surface area contributed by atoms with Crippen molar-refractivity contribution in [1.82, 2.24) is 4.90 Å². The number of benzene rings is 3. The highest BCUT2D eigenvalue weighted by atomic mass is 35.5. The molecule has 0 spiro atoms. The first-order valence-corrected chi connectivity index (χ1v) is 11.4. The van der Waals surface area contributed by atoms with Gasteiger partial charge in [-0.05, 0) is 60.0 Å². The summed E-state index contributed by atoms with van der Waals surface area (Å²) in [5.41, 5.74) is 2.43. The van der Waals surface area contributed by atoms with E-state index in [-0.39, 0.29) is 25.4 Å². The van der Waals surface area contributed by atoms with Crippen molar-refractivity contribution in [1.29, 1.82) is 0 Å². The molecule has 34 heavy (non-hydrogen) atoms. The van der Waals surface area contributed by atoms with Gasteiger partial charge in [-0.2, -0.15) is 0 Å². The number of carbonyl (C=O) groups is 2. The zero-order valence-corrected chi connectivity index (χ0v) is 19.5. The smallest absolute Gasteiger partial charge is 0.305 e. The number of carboxylic acid groups (broad SMARTS) is 1. The minimum absolute atomic E-state index is 0.0164. The van der Waals surface area contributed by atoms with E-state index in [4.69, 9.17) is 21.4 Å². The van der Waals surface area contributed by atoms with E-state index in [1.165, 1.54) is 17.0 Å². The van der Waals surface area contributed by atoms with Gasteiger partial charge in [0.15, 0.2) is 0 Å². The summed E-state index contributed by atoms with van der Waals surface area (Å²) in [6.45, 7) is 2.14. The maximum atomic E-state index is 13.6. The van der Waals surface area contributed by atoms with Crippen molar-refractivity contribution in [2.24, 2.45) is 0 Å². The molecule has 0 bridgehead atoms. The van der Waals surface area contributed by atoms with Gasteiger partial charge in [0.1, 0.15) is 17.2 Å². The fourth-order valence-corrected chi connectivity index (χ4v) is 4.52. The summed E-state index contributed by atoms with van der Waals surface area (Å²) >= 11 is 6.33. The second-order valence-corrected chi connectivity index (χ2v) is 9.23. The zero-order valence-electron chi connectivity index (χ0n) is 18.8. The number of rotatable bonds is 8. The molecule has 0 unspecified atom stereocenters. The predicted molar refractivity (Wildman–Crippen MR) is 128 cm³/mol. The van der Waals surface area contributed by atoms with Crippen LogP contribution in [0.4, 0.5) is 4.39 Å². The van der Waals surface area contributed by atoms with E-state index in [0.717, 1.165) is 11.1 Å². The average molecular weight is 482 g/mol. The summed E-state index contributed by atoms with van der Waals surface area (Å²) in [4.78, 5) is 25.9. The Morgan fingerprint density at radius 3 is 2.65 bits per heavy atom. The molecule has 3 aromatic carbocycles. The predicted octanol–water partition coefficient (Wildman–Crippen LogP) is 5.53. The quantitative estimate of drug-likeness (QED) is 0.459. The standard InChI is InChI=1S/C27H25ClFNO4/c1-27(15-20-6-2-3-8-23(20)28)16-21-14-19(9-10-24(21)34-27)26(33)30(12-11-25(31)32)17-18-5-4-7-22(29)13-18/h2-10,13-14H,11-12,15-17H2,1H3,(H,31,32)/t27-/m0/s1. The first kappa shape index (κ1) is 23.8. The van der Waals surface area contributed by atoms with E-state index in [9.17, 15) is 14.0 Å². The van der Waals surface area contributed by atoms with Crippen LogP contribution < -0.4 is 4.74 Å². The number of carboxylic acids is 1. The molecule has 0 aromatic heterocycles. The van der Waals surface area contributed by atoms with E-state index < -0.39 is 17.4 Å². The fourth-order valence-electron chi connectivity index (χ4n) is 4.32. The van der Waals surface area contributed by atoms with Crippen LogP contribution in [0.3, 0.4) is 0 Å². The molecule has 1 atom stereocenters. The van der Waals surface area contributed by atoms with Gasteiger partial charge in [0.2, 0.25) is 0 Å². The van der Waals surface area contributed by atoms with Gasteiger partial charge in [-0.25, -0.2) is 4.39 Å². The summed E-state index contributed by atoms with van der Waals surface area (Å²) in [5.74, 6) is -1.01. The van der Waals surface area contributed by atoms with Crippen molar-refractivity contribution in [3.63, 3.8) is 0 Å². The third-order valence-corrected chi connectivity index (χ3v) is 6.26. The van der Waals surface area contributed by atoms with E-state index in [1.807, 2.05) is 31.2 Å². The Morgan fingerprint density at radius 1 is 1.12 bits per heavy atom. The molecule has 1 amide bonds. The Kier molecular flexibility index (Phi) is 6.89. The zero-order chi connectivity index (χ0) is 24.3. The Bertz CT molecular complexity index is 1230. The average Bonchev–Trinajstić information content (AvgIpc) is 3.12. The molecule has 1 aliphatic rings. The maximum Gasteiger partial charge on any atom is 0.305 e. The van der Waals surface area contributed by atoms with Crippen LogP contribution in [0.2, 0.25) is 5.02 Å². The van der Waals surface area contributed by atoms with Gasteiger partial charge in [0.25, 0.3) is 5.91 Å². The highest BCUT2D eigenvalue weighted by Gasteiger charge is 2.36. The van der Waals surface area contributed by atoms with Crippen molar-refractivity contribution < 1.29 is 23.8 Å². The number of nitrogens with zero attached hydrogens (tertiary/aromatic N) is 1. The van der Waals surface area contributed by atoms with Crippen molar-refractivity contribution in [2.75, 3.05) is 6.54 Å². The molecular weight excluding hydrogens is 457 g/mol. The second kappa shape index (κ2) is 9.85. The van der Waals surface area contributed by atoms with Crippen LogP contribution in [0.5, 0.6) is 5.75 Å². The van der Waals surface area contributed by atoms with Gasteiger partial charge < -0.3 is 14.7 Å². The molecule has 4 rings (SSSR count). The lowest BCUT2D eigenvalue weighted by molar-refractivity contribution is -0.137. The number of fused-ring (bicyclic) bond motifs is 1. The van der Waals surface area contributed by atoms with Gasteiger partial charge in [-0.3, -0.25) is 9.59 Å². The van der Waals surface area contributed by atoms with Crippen LogP contribution in [0.15, 0.2) is 66.7 Å². The minimum Gasteiger partial charge on any atom is -0.487 e. The lowest BCUT2D eigenvalue weighted by Crippen LogP contribution is -2.33. The van der Waals surface area contributed by atoms with Crippen molar-refractivity contribution in [3.05, 3.63) is 99.8 Å². The highest BCUT2D eigenvalue weighted by Crippen LogP contribution is 2.38. The second-order valence-electron chi connectivity index (χ2n) is 8.82. The molecule has 0 saturated heterocycles. The topological polar surface area (TPSA) is 66.8 Å². The summed E-state index contributed by atoms with van der Waals surface area (Å²) < 4.78 is 19.9. The van der Waals surface area contributed by atoms with E-state index in [1.54, 1.807) is 30.3 Å². The molecule has 0 radical (unpaired) electrons. The Balaban J connectivity index is 1.53. The number of carbonyl (C=O) groups excluding carboxylic acids is 1. The van der Waals surface area contributed by atoms with Crippen LogP contribution >= 0.6 is 11.6 Å². The summed E-state index contributed by atoms with van der Waals surface area (Å²) in [5, 5.41) is 9.81. The first-order valence-electron chi connectivity index (χ1n) is 11.0. The number of hydrogen-bond acceptors (Lipinski definition) is 3. The normalized spacial score (nSPS) is 16.6. The fraction of sp³-hybridized carbons (Fsp3) is 0.259. The van der Waals surface area contributed by atoms with Crippen molar-refractivity contribution in [3.8, 4) is 5.75 Å². The van der Waals surface area contributed by atoms with Crippen molar-refractivity contribution in [2.45, 2.75) is 38.3 Å². The van der Waals surface area contributed by atoms with E-state index in [0.29, 0.717) is 34.7 Å². The van der Waals surface area contributed by atoms with E-state index in [2.05, 4.69) is 0 Å². The first-order chi connectivity index (χ1) is 16.2. The van der Waals surface area contributed by atoms with Gasteiger partial charge in [0, 0.05) is 36.5 Å². The van der Waals surface area contributed by atoms with Crippen LogP contribution in [-0.2, 0) is 24.2 Å². The number of ether oxygens (including phenoxy) is 1. The van der Waals surface area contributed by atoms with Gasteiger partial charge in [-0.15, -0.1) is 0 Å². The van der Waals surface area contributed by atoms with Gasteiger partial charge in [0.05, 0.1) is 6.42 Å².